The highest BCUT2D eigenvalue weighted by Gasteiger charge is 2.15. The number of hydrogen-bond donors (Lipinski definition) is 2. The van der Waals surface area contributed by atoms with Gasteiger partial charge < -0.3 is 15.4 Å². The second-order valence-corrected chi connectivity index (χ2v) is 5.32. The van der Waals surface area contributed by atoms with E-state index in [4.69, 9.17) is 16.3 Å². The second kappa shape index (κ2) is 8.19. The maximum Gasteiger partial charge on any atom is 0.258 e. The second-order valence-electron chi connectivity index (χ2n) is 4.89. The zero-order chi connectivity index (χ0) is 16.7. The van der Waals surface area contributed by atoms with Gasteiger partial charge in [0.05, 0.1) is 0 Å². The molecule has 5 nitrogen and oxygen atoms in total. The number of carbonyl (C=O) groups excluding carboxylic acids is 2. The normalized spacial score (nSPS) is 11.4. The first kappa shape index (κ1) is 16.8. The van der Waals surface area contributed by atoms with Gasteiger partial charge in [-0.3, -0.25) is 9.59 Å². The molecule has 0 aliphatic heterocycles. The highest BCUT2D eigenvalue weighted by Crippen LogP contribution is 2.15. The Morgan fingerprint density at radius 3 is 2.39 bits per heavy atom. The molecule has 0 bridgehead atoms. The van der Waals surface area contributed by atoms with Crippen molar-refractivity contribution in [3.63, 3.8) is 0 Å². The van der Waals surface area contributed by atoms with E-state index in [0.717, 1.165) is 0 Å². The molecule has 0 spiro atoms. The summed E-state index contributed by atoms with van der Waals surface area (Å²) in [6.45, 7) is 1.43. The molecule has 0 aliphatic carbocycles. The molecule has 2 N–H and O–H groups in total. The predicted molar refractivity (Wildman–Crippen MR) is 89.6 cm³/mol. The van der Waals surface area contributed by atoms with Crippen LogP contribution < -0.4 is 15.4 Å². The van der Waals surface area contributed by atoms with E-state index in [1.54, 1.807) is 43.3 Å². The third-order valence-electron chi connectivity index (χ3n) is 3.00. The fraction of sp³-hybridized carbons (Fsp3) is 0.176. The summed E-state index contributed by atoms with van der Waals surface area (Å²) in [5.74, 6) is -0.141. The molecule has 23 heavy (non-hydrogen) atoms. The Bertz CT molecular complexity index is 659. The molecular weight excluding hydrogens is 316 g/mol. The minimum Gasteiger partial charge on any atom is -0.484 e. The van der Waals surface area contributed by atoms with Crippen molar-refractivity contribution in [2.45, 2.75) is 13.0 Å². The molecule has 0 fully saturated rings. The summed E-state index contributed by atoms with van der Waals surface area (Å²) in [5, 5.41) is 5.89. The molecule has 6 heteroatoms. The fourth-order valence-electron chi connectivity index (χ4n) is 1.80. The molecule has 0 aliphatic rings. The molecule has 0 aromatic heterocycles. The molecule has 0 saturated heterocycles. The largest absolute Gasteiger partial charge is 0.484 e. The molecule has 2 aromatic carbocycles. The maximum absolute atomic E-state index is 12.0. The van der Waals surface area contributed by atoms with Gasteiger partial charge in [-0.05, 0) is 43.3 Å². The van der Waals surface area contributed by atoms with Gasteiger partial charge in [0.15, 0.2) is 6.61 Å². The van der Waals surface area contributed by atoms with Crippen molar-refractivity contribution in [3.05, 3.63) is 59.6 Å². The van der Waals surface area contributed by atoms with E-state index in [-0.39, 0.29) is 18.4 Å². The number of ether oxygens (including phenoxy) is 1. The first-order chi connectivity index (χ1) is 11.0. The van der Waals surface area contributed by atoms with E-state index in [1.807, 2.05) is 18.2 Å². The number of rotatable bonds is 6. The Morgan fingerprint density at radius 1 is 1.09 bits per heavy atom. The number of halogens is 1. The summed E-state index contributed by atoms with van der Waals surface area (Å²) >= 11 is 5.77. The van der Waals surface area contributed by atoms with Crippen molar-refractivity contribution in [1.82, 2.24) is 5.32 Å². The van der Waals surface area contributed by atoms with Gasteiger partial charge in [-0.2, -0.15) is 0 Å². The first-order valence-corrected chi connectivity index (χ1v) is 7.46. The predicted octanol–water partition coefficient (Wildman–Crippen LogP) is 2.86. The average Bonchev–Trinajstić information content (AvgIpc) is 2.55. The lowest BCUT2D eigenvalue weighted by Gasteiger charge is -2.14. The molecule has 0 unspecified atom stereocenters. The molecule has 0 heterocycles. The first-order valence-electron chi connectivity index (χ1n) is 7.08. The summed E-state index contributed by atoms with van der Waals surface area (Å²) in [5.41, 5.74) is 0.677. The molecule has 2 amide bonds. The summed E-state index contributed by atoms with van der Waals surface area (Å²) in [4.78, 5) is 23.8. The van der Waals surface area contributed by atoms with Crippen molar-refractivity contribution in [2.75, 3.05) is 11.9 Å². The van der Waals surface area contributed by atoms with Gasteiger partial charge in [-0.25, -0.2) is 0 Å². The molecule has 1 atom stereocenters. The van der Waals surface area contributed by atoms with Crippen LogP contribution in [0, 0.1) is 0 Å². The van der Waals surface area contributed by atoms with E-state index >= 15 is 0 Å². The van der Waals surface area contributed by atoms with Crippen LogP contribution in [-0.4, -0.2) is 24.5 Å². The topological polar surface area (TPSA) is 67.4 Å². The monoisotopic (exact) mass is 332 g/mol. The van der Waals surface area contributed by atoms with Gasteiger partial charge in [0, 0.05) is 10.7 Å². The van der Waals surface area contributed by atoms with E-state index in [2.05, 4.69) is 10.6 Å². The Hall–Kier alpha value is -2.53. The van der Waals surface area contributed by atoms with E-state index in [1.165, 1.54) is 0 Å². The number of hydrogen-bond acceptors (Lipinski definition) is 3. The zero-order valence-electron chi connectivity index (χ0n) is 12.6. The number of carbonyl (C=O) groups is 2. The van der Waals surface area contributed by atoms with Crippen molar-refractivity contribution in [1.29, 1.82) is 0 Å². The summed E-state index contributed by atoms with van der Waals surface area (Å²) < 4.78 is 5.32. The van der Waals surface area contributed by atoms with Crippen LogP contribution in [0.25, 0.3) is 0 Å². The molecule has 0 radical (unpaired) electrons. The maximum atomic E-state index is 12.0. The summed E-state index contributed by atoms with van der Waals surface area (Å²) in [6, 6.07) is 15.0. The Kier molecular flexibility index (Phi) is 6.00. The molecule has 120 valence electrons. The van der Waals surface area contributed by atoms with Crippen molar-refractivity contribution in [2.24, 2.45) is 0 Å². The van der Waals surface area contributed by atoms with Crippen LogP contribution in [0.4, 0.5) is 5.69 Å². The van der Waals surface area contributed by atoms with Crippen molar-refractivity contribution < 1.29 is 14.3 Å². The number of nitrogens with one attached hydrogen (secondary N) is 2. The van der Waals surface area contributed by atoms with Crippen LogP contribution in [0.1, 0.15) is 6.92 Å². The van der Waals surface area contributed by atoms with Crippen molar-refractivity contribution >= 4 is 29.1 Å². The lowest BCUT2D eigenvalue weighted by Crippen LogP contribution is -2.43. The van der Waals surface area contributed by atoms with Crippen LogP contribution in [0.3, 0.4) is 0 Å². The third-order valence-corrected chi connectivity index (χ3v) is 3.25. The van der Waals surface area contributed by atoms with Crippen LogP contribution in [0.5, 0.6) is 5.75 Å². The fourth-order valence-corrected chi connectivity index (χ4v) is 1.93. The van der Waals surface area contributed by atoms with Crippen molar-refractivity contribution in [3.8, 4) is 5.75 Å². The van der Waals surface area contributed by atoms with Crippen LogP contribution >= 0.6 is 11.6 Å². The summed E-state index contributed by atoms with van der Waals surface area (Å²) in [7, 11) is 0. The Balaban J connectivity index is 1.77. The van der Waals surface area contributed by atoms with Crippen LogP contribution in [-0.2, 0) is 9.59 Å². The van der Waals surface area contributed by atoms with Gasteiger partial charge in [0.25, 0.3) is 5.91 Å². The lowest BCUT2D eigenvalue weighted by atomic mass is 10.2. The number of benzene rings is 2. The quantitative estimate of drug-likeness (QED) is 0.854. The number of para-hydroxylation sites is 1. The number of anilines is 1. The molecule has 2 rings (SSSR count). The lowest BCUT2D eigenvalue weighted by molar-refractivity contribution is -0.127. The van der Waals surface area contributed by atoms with E-state index in [9.17, 15) is 9.59 Å². The summed E-state index contributed by atoms with van der Waals surface area (Å²) in [6.07, 6.45) is 0. The molecular formula is C17H17ClN2O3. The Labute approximate surface area is 139 Å². The molecule has 0 saturated carbocycles. The minimum atomic E-state index is -0.670. The van der Waals surface area contributed by atoms with Gasteiger partial charge in [0.1, 0.15) is 11.8 Å². The van der Waals surface area contributed by atoms with Gasteiger partial charge in [-0.1, -0.05) is 29.8 Å². The van der Waals surface area contributed by atoms with Crippen LogP contribution in [0.2, 0.25) is 5.02 Å². The third kappa shape index (κ3) is 5.64. The zero-order valence-corrected chi connectivity index (χ0v) is 13.3. The standard InChI is InChI=1S/C17H17ClN2O3/c1-12(17(22)20-14-5-3-2-4-6-14)19-16(21)11-23-15-9-7-13(18)8-10-15/h2-10,12H,11H2,1H3,(H,19,21)(H,20,22)/t12-/m0/s1. The van der Waals surface area contributed by atoms with Gasteiger partial charge in [0.2, 0.25) is 5.91 Å². The average molecular weight is 333 g/mol. The van der Waals surface area contributed by atoms with Crippen LogP contribution in [0.15, 0.2) is 54.6 Å². The highest BCUT2D eigenvalue weighted by atomic mass is 35.5. The van der Waals surface area contributed by atoms with Gasteiger partial charge in [-0.15, -0.1) is 0 Å². The van der Waals surface area contributed by atoms with E-state index in [0.29, 0.717) is 16.5 Å². The van der Waals surface area contributed by atoms with Gasteiger partial charge >= 0.3 is 0 Å². The van der Waals surface area contributed by atoms with E-state index < -0.39 is 6.04 Å². The minimum absolute atomic E-state index is 0.176. The number of amides is 2. The smallest absolute Gasteiger partial charge is 0.258 e. The highest BCUT2D eigenvalue weighted by molar-refractivity contribution is 6.30. The Morgan fingerprint density at radius 2 is 1.74 bits per heavy atom. The molecule has 2 aromatic rings. The SMILES string of the molecule is C[C@H](NC(=O)COc1ccc(Cl)cc1)C(=O)Nc1ccccc1.